The number of methoxy groups -OCH3 is 1. The average molecular weight is 493 g/mol. The molecule has 0 saturated carbocycles. The highest BCUT2D eigenvalue weighted by Crippen LogP contribution is 2.26. The van der Waals surface area contributed by atoms with Crippen molar-refractivity contribution in [3.63, 3.8) is 0 Å². The smallest absolute Gasteiger partial charge is 0.253 e. The zero-order valence-electron chi connectivity index (χ0n) is 17.5. The number of benzene rings is 2. The van der Waals surface area contributed by atoms with E-state index in [1.54, 1.807) is 25.4 Å². The SMILES string of the molecule is COc1cccc(C(NC(=O)c2ccc(Oc3cccc(Br)c3)nc2)c2nccn2C)c1. The summed E-state index contributed by atoms with van der Waals surface area (Å²) in [5, 5.41) is 3.06. The number of ether oxygens (including phenoxy) is 2. The lowest BCUT2D eigenvalue weighted by atomic mass is 10.0. The molecule has 0 aliphatic carbocycles. The first-order valence-electron chi connectivity index (χ1n) is 9.85. The van der Waals surface area contributed by atoms with Crippen LogP contribution in [-0.4, -0.2) is 27.6 Å². The maximum atomic E-state index is 13.0. The summed E-state index contributed by atoms with van der Waals surface area (Å²) in [4.78, 5) is 21.7. The standard InChI is InChI=1S/C24H21BrN4O3/c1-29-12-11-26-23(29)22(16-5-3-7-19(13-16)31-2)28-24(30)17-9-10-21(27-15-17)32-20-8-4-6-18(25)14-20/h3-15,22H,1-2H3,(H,28,30). The molecular formula is C24H21BrN4O3. The van der Waals surface area contributed by atoms with Gasteiger partial charge in [-0.2, -0.15) is 0 Å². The van der Waals surface area contributed by atoms with E-state index in [2.05, 4.69) is 31.2 Å². The van der Waals surface area contributed by atoms with E-state index in [1.807, 2.05) is 66.3 Å². The fourth-order valence-corrected chi connectivity index (χ4v) is 3.59. The van der Waals surface area contributed by atoms with Gasteiger partial charge in [0.25, 0.3) is 5.91 Å². The van der Waals surface area contributed by atoms with Gasteiger partial charge < -0.3 is 19.4 Å². The molecule has 0 fully saturated rings. The summed E-state index contributed by atoms with van der Waals surface area (Å²) in [7, 11) is 3.49. The van der Waals surface area contributed by atoms with E-state index in [0.717, 1.165) is 10.0 Å². The molecule has 0 saturated heterocycles. The van der Waals surface area contributed by atoms with Crippen LogP contribution >= 0.6 is 15.9 Å². The summed E-state index contributed by atoms with van der Waals surface area (Å²) in [5.41, 5.74) is 1.27. The Kier molecular flexibility index (Phi) is 6.51. The van der Waals surface area contributed by atoms with Gasteiger partial charge in [0.1, 0.15) is 23.4 Å². The third kappa shape index (κ3) is 4.97. The summed E-state index contributed by atoms with van der Waals surface area (Å²) >= 11 is 3.41. The molecule has 4 rings (SSSR count). The fraction of sp³-hybridized carbons (Fsp3) is 0.125. The number of carbonyl (C=O) groups is 1. The summed E-state index contributed by atoms with van der Waals surface area (Å²) in [6, 6.07) is 17.9. The van der Waals surface area contributed by atoms with Gasteiger partial charge in [-0.3, -0.25) is 4.79 Å². The summed E-state index contributed by atoms with van der Waals surface area (Å²) in [6.45, 7) is 0. The summed E-state index contributed by atoms with van der Waals surface area (Å²) in [6.07, 6.45) is 5.03. The third-order valence-electron chi connectivity index (χ3n) is 4.84. The molecule has 0 spiro atoms. The average Bonchev–Trinajstić information content (AvgIpc) is 3.23. The first-order chi connectivity index (χ1) is 15.5. The van der Waals surface area contributed by atoms with Crippen molar-refractivity contribution in [2.75, 3.05) is 7.11 Å². The van der Waals surface area contributed by atoms with Crippen molar-refractivity contribution < 1.29 is 14.3 Å². The van der Waals surface area contributed by atoms with Crippen molar-refractivity contribution in [1.82, 2.24) is 19.9 Å². The Balaban J connectivity index is 1.55. The molecule has 7 nitrogen and oxygen atoms in total. The highest BCUT2D eigenvalue weighted by molar-refractivity contribution is 9.10. The van der Waals surface area contributed by atoms with Gasteiger partial charge in [-0.15, -0.1) is 0 Å². The van der Waals surface area contributed by atoms with Crippen molar-refractivity contribution in [1.29, 1.82) is 0 Å². The van der Waals surface area contributed by atoms with Crippen LogP contribution in [-0.2, 0) is 7.05 Å². The Morgan fingerprint density at radius 3 is 2.56 bits per heavy atom. The van der Waals surface area contributed by atoms with E-state index in [-0.39, 0.29) is 5.91 Å². The Bertz CT molecular complexity index is 1220. The number of nitrogens with one attached hydrogen (secondary N) is 1. The predicted octanol–water partition coefficient (Wildman–Crippen LogP) is 4.90. The van der Waals surface area contributed by atoms with Crippen molar-refractivity contribution in [2.24, 2.45) is 7.05 Å². The predicted molar refractivity (Wildman–Crippen MR) is 124 cm³/mol. The minimum Gasteiger partial charge on any atom is -0.497 e. The zero-order valence-corrected chi connectivity index (χ0v) is 19.1. The van der Waals surface area contributed by atoms with Gasteiger partial charge in [0.2, 0.25) is 5.88 Å². The molecule has 0 bridgehead atoms. The number of carbonyl (C=O) groups excluding carboxylic acids is 1. The molecule has 2 heterocycles. The number of aryl methyl sites for hydroxylation is 1. The van der Waals surface area contributed by atoms with Gasteiger partial charge in [-0.25, -0.2) is 9.97 Å². The first-order valence-corrected chi connectivity index (χ1v) is 10.6. The van der Waals surface area contributed by atoms with Crippen LogP contribution in [0.25, 0.3) is 0 Å². The summed E-state index contributed by atoms with van der Waals surface area (Å²) < 4.78 is 13.9. The number of nitrogens with zero attached hydrogens (tertiary/aromatic N) is 3. The molecule has 1 N–H and O–H groups in total. The first kappa shape index (κ1) is 21.6. The second-order valence-corrected chi connectivity index (χ2v) is 7.94. The molecule has 2 aromatic heterocycles. The number of aromatic nitrogens is 3. The lowest BCUT2D eigenvalue weighted by Gasteiger charge is -2.20. The van der Waals surface area contributed by atoms with E-state index in [1.165, 1.54) is 6.20 Å². The number of imidazole rings is 1. The molecule has 32 heavy (non-hydrogen) atoms. The lowest BCUT2D eigenvalue weighted by molar-refractivity contribution is 0.0940. The highest BCUT2D eigenvalue weighted by Gasteiger charge is 2.22. The third-order valence-corrected chi connectivity index (χ3v) is 5.33. The van der Waals surface area contributed by atoms with Gasteiger partial charge >= 0.3 is 0 Å². The molecule has 2 aromatic carbocycles. The van der Waals surface area contributed by atoms with Crippen LogP contribution in [0.3, 0.4) is 0 Å². The fourth-order valence-electron chi connectivity index (χ4n) is 3.21. The van der Waals surface area contributed by atoms with E-state index < -0.39 is 6.04 Å². The Morgan fingerprint density at radius 1 is 1.06 bits per heavy atom. The quantitative estimate of drug-likeness (QED) is 0.397. The van der Waals surface area contributed by atoms with Gasteiger partial charge in [0.15, 0.2) is 0 Å². The van der Waals surface area contributed by atoms with Crippen LogP contribution in [0.4, 0.5) is 0 Å². The number of hydrogen-bond donors (Lipinski definition) is 1. The van der Waals surface area contributed by atoms with E-state index in [4.69, 9.17) is 9.47 Å². The number of amides is 1. The number of rotatable bonds is 7. The van der Waals surface area contributed by atoms with Crippen LogP contribution in [0.1, 0.15) is 27.8 Å². The molecule has 1 unspecified atom stereocenters. The molecule has 162 valence electrons. The van der Waals surface area contributed by atoms with E-state index >= 15 is 0 Å². The van der Waals surface area contributed by atoms with E-state index in [9.17, 15) is 4.79 Å². The molecule has 1 amide bonds. The van der Waals surface area contributed by atoms with Crippen LogP contribution in [0.5, 0.6) is 17.4 Å². The number of pyridine rings is 1. The van der Waals surface area contributed by atoms with Crippen LogP contribution < -0.4 is 14.8 Å². The minimum absolute atomic E-state index is 0.276. The van der Waals surface area contributed by atoms with Crippen LogP contribution in [0.15, 0.2) is 83.7 Å². The topological polar surface area (TPSA) is 78.3 Å². The largest absolute Gasteiger partial charge is 0.497 e. The molecule has 0 aliphatic rings. The van der Waals surface area contributed by atoms with Crippen LogP contribution in [0.2, 0.25) is 0 Å². The Morgan fingerprint density at radius 2 is 1.88 bits per heavy atom. The molecule has 8 heteroatoms. The second-order valence-electron chi connectivity index (χ2n) is 7.02. The highest BCUT2D eigenvalue weighted by atomic mass is 79.9. The Labute approximate surface area is 194 Å². The van der Waals surface area contributed by atoms with Crippen molar-refractivity contribution >= 4 is 21.8 Å². The number of halogens is 1. The summed E-state index contributed by atoms with van der Waals surface area (Å²) in [5.74, 6) is 2.17. The Hall–Kier alpha value is -3.65. The van der Waals surface area contributed by atoms with Crippen molar-refractivity contribution in [2.45, 2.75) is 6.04 Å². The molecule has 0 radical (unpaired) electrons. The maximum Gasteiger partial charge on any atom is 0.253 e. The van der Waals surface area contributed by atoms with Gasteiger partial charge in [-0.1, -0.05) is 34.1 Å². The van der Waals surface area contributed by atoms with Gasteiger partial charge in [0.05, 0.1) is 12.7 Å². The monoisotopic (exact) mass is 492 g/mol. The van der Waals surface area contributed by atoms with Crippen LogP contribution in [0, 0.1) is 0 Å². The van der Waals surface area contributed by atoms with Gasteiger partial charge in [0, 0.05) is 36.2 Å². The molecule has 1 atom stereocenters. The zero-order chi connectivity index (χ0) is 22.5. The lowest BCUT2D eigenvalue weighted by Crippen LogP contribution is -2.31. The van der Waals surface area contributed by atoms with Crippen molar-refractivity contribution in [3.8, 4) is 17.4 Å². The second kappa shape index (κ2) is 9.65. The van der Waals surface area contributed by atoms with Crippen molar-refractivity contribution in [3.05, 3.63) is 101 Å². The molecular weight excluding hydrogens is 472 g/mol. The normalized spacial score (nSPS) is 11.6. The molecule has 4 aromatic rings. The van der Waals surface area contributed by atoms with Gasteiger partial charge in [-0.05, 0) is 42.0 Å². The maximum absolute atomic E-state index is 13.0. The molecule has 0 aliphatic heterocycles. The number of hydrogen-bond acceptors (Lipinski definition) is 5. The minimum atomic E-state index is -0.463. The van der Waals surface area contributed by atoms with E-state index in [0.29, 0.717) is 28.8 Å².